The minimum Gasteiger partial charge on any atom is -0.469 e. The maximum atomic E-state index is 11.2. The van der Waals surface area contributed by atoms with Crippen LogP contribution in [0.1, 0.15) is 25.1 Å². The zero-order valence-corrected chi connectivity index (χ0v) is 11.3. The summed E-state index contributed by atoms with van der Waals surface area (Å²) in [5.41, 5.74) is 0. The molecule has 0 aromatic carbocycles. The summed E-state index contributed by atoms with van der Waals surface area (Å²) in [6, 6.07) is 0. The van der Waals surface area contributed by atoms with Gasteiger partial charge < -0.3 is 14.0 Å². The number of carbonyl (C=O) groups is 1. The molecule has 2 rings (SSSR count). The van der Waals surface area contributed by atoms with Crippen LogP contribution < -0.4 is 0 Å². The van der Waals surface area contributed by atoms with E-state index >= 15 is 0 Å². The van der Waals surface area contributed by atoms with Gasteiger partial charge in [0.05, 0.1) is 32.8 Å². The Balaban J connectivity index is 1.85. The monoisotopic (exact) mass is 269 g/mol. The smallest absolute Gasteiger partial charge is 0.308 e. The van der Waals surface area contributed by atoms with Gasteiger partial charge >= 0.3 is 5.97 Å². The van der Waals surface area contributed by atoms with E-state index in [1.807, 2.05) is 6.92 Å². The summed E-state index contributed by atoms with van der Waals surface area (Å²) in [6.45, 7) is 4.65. The number of esters is 1. The molecule has 19 heavy (non-hydrogen) atoms. The average Bonchev–Trinajstić information content (AvgIpc) is 2.86. The Labute approximate surface area is 111 Å². The zero-order valence-electron chi connectivity index (χ0n) is 11.3. The van der Waals surface area contributed by atoms with E-state index in [2.05, 4.69) is 19.8 Å². The lowest BCUT2D eigenvalue weighted by Gasteiger charge is -2.31. The van der Waals surface area contributed by atoms with Crippen molar-refractivity contribution in [2.75, 3.05) is 26.8 Å². The first-order chi connectivity index (χ1) is 9.21. The third kappa shape index (κ3) is 4.00. The number of carbonyl (C=O) groups excluding carboxylic acids is 1. The first-order valence-electron chi connectivity index (χ1n) is 6.43. The molecule has 106 valence electrons. The fourth-order valence-electron chi connectivity index (χ4n) is 2.01. The Morgan fingerprint density at radius 1 is 1.58 bits per heavy atom. The number of rotatable bonds is 5. The molecule has 1 aromatic heterocycles. The highest BCUT2D eigenvalue weighted by Crippen LogP contribution is 2.12. The van der Waals surface area contributed by atoms with Crippen molar-refractivity contribution in [3.8, 4) is 0 Å². The van der Waals surface area contributed by atoms with Gasteiger partial charge in [-0.15, -0.1) is 0 Å². The lowest BCUT2D eigenvalue weighted by molar-refractivity contribution is -0.145. The lowest BCUT2D eigenvalue weighted by Crippen LogP contribution is -2.43. The second kappa shape index (κ2) is 6.63. The van der Waals surface area contributed by atoms with Gasteiger partial charge in [-0.1, -0.05) is 12.1 Å². The van der Waals surface area contributed by atoms with Crippen LogP contribution in [0.4, 0.5) is 0 Å². The van der Waals surface area contributed by atoms with Gasteiger partial charge in [0.25, 0.3) is 0 Å². The van der Waals surface area contributed by atoms with Crippen LogP contribution >= 0.6 is 0 Å². The summed E-state index contributed by atoms with van der Waals surface area (Å²) in [4.78, 5) is 17.7. The molecule has 1 atom stereocenters. The Kier molecular flexibility index (Phi) is 4.86. The van der Waals surface area contributed by atoms with E-state index < -0.39 is 0 Å². The van der Waals surface area contributed by atoms with Crippen molar-refractivity contribution in [3.05, 3.63) is 11.7 Å². The van der Waals surface area contributed by atoms with Gasteiger partial charge in [0.1, 0.15) is 0 Å². The van der Waals surface area contributed by atoms with Crippen LogP contribution in [0.15, 0.2) is 4.52 Å². The van der Waals surface area contributed by atoms with Gasteiger partial charge in [-0.25, -0.2) is 0 Å². The molecule has 0 spiro atoms. The van der Waals surface area contributed by atoms with Crippen molar-refractivity contribution in [3.63, 3.8) is 0 Å². The van der Waals surface area contributed by atoms with E-state index in [9.17, 15) is 4.79 Å². The Bertz CT molecular complexity index is 421. The van der Waals surface area contributed by atoms with Crippen molar-refractivity contribution >= 4 is 5.97 Å². The van der Waals surface area contributed by atoms with Crippen LogP contribution in [0.2, 0.25) is 0 Å². The minimum atomic E-state index is -0.250. The average molecular weight is 269 g/mol. The van der Waals surface area contributed by atoms with Crippen molar-refractivity contribution in [1.29, 1.82) is 0 Å². The Morgan fingerprint density at radius 2 is 2.42 bits per heavy atom. The Morgan fingerprint density at radius 3 is 3.11 bits per heavy atom. The maximum absolute atomic E-state index is 11.2. The first kappa shape index (κ1) is 14.0. The molecule has 1 fully saturated rings. The normalized spacial score (nSPS) is 20.4. The summed E-state index contributed by atoms with van der Waals surface area (Å²) in [6.07, 6.45) is 0.888. The quantitative estimate of drug-likeness (QED) is 0.716. The molecule has 0 saturated carbocycles. The highest BCUT2D eigenvalue weighted by Gasteiger charge is 2.24. The number of nitrogens with zero attached hydrogens (tertiary/aromatic N) is 3. The second-order valence-corrected chi connectivity index (χ2v) is 4.47. The number of aromatic nitrogens is 2. The number of hydrogen-bond acceptors (Lipinski definition) is 7. The van der Waals surface area contributed by atoms with Crippen LogP contribution in [0, 0.1) is 0 Å². The molecule has 7 nitrogen and oxygen atoms in total. The predicted molar refractivity (Wildman–Crippen MR) is 65.3 cm³/mol. The highest BCUT2D eigenvalue weighted by molar-refractivity contribution is 5.69. The summed E-state index contributed by atoms with van der Waals surface area (Å²) in [5, 5.41) is 3.92. The third-order valence-electron chi connectivity index (χ3n) is 3.02. The molecule has 1 aromatic rings. The summed E-state index contributed by atoms with van der Waals surface area (Å²) >= 11 is 0. The summed E-state index contributed by atoms with van der Waals surface area (Å²) in [5.74, 6) is 1.07. The van der Waals surface area contributed by atoms with Crippen LogP contribution in [-0.2, 0) is 27.2 Å². The van der Waals surface area contributed by atoms with E-state index in [-0.39, 0.29) is 18.5 Å². The summed E-state index contributed by atoms with van der Waals surface area (Å²) in [7, 11) is 1.38. The van der Waals surface area contributed by atoms with E-state index in [0.717, 1.165) is 13.0 Å². The van der Waals surface area contributed by atoms with Gasteiger partial charge in [-0.05, 0) is 0 Å². The minimum absolute atomic E-state index is 0.126. The van der Waals surface area contributed by atoms with E-state index in [0.29, 0.717) is 31.4 Å². The lowest BCUT2D eigenvalue weighted by atomic mass is 10.2. The number of methoxy groups -OCH3 is 1. The van der Waals surface area contributed by atoms with Gasteiger partial charge in [-0.2, -0.15) is 4.98 Å². The fourth-order valence-corrected chi connectivity index (χ4v) is 2.01. The zero-order chi connectivity index (χ0) is 13.7. The van der Waals surface area contributed by atoms with Gasteiger partial charge in [-0.3, -0.25) is 9.69 Å². The van der Waals surface area contributed by atoms with Crippen LogP contribution in [-0.4, -0.2) is 53.9 Å². The molecule has 1 aliphatic rings. The molecule has 2 heterocycles. The van der Waals surface area contributed by atoms with Gasteiger partial charge in [0, 0.05) is 19.5 Å². The number of aryl methyl sites for hydroxylation is 1. The molecule has 0 amide bonds. The molecule has 0 bridgehead atoms. The molecule has 1 saturated heterocycles. The van der Waals surface area contributed by atoms with E-state index in [4.69, 9.17) is 9.26 Å². The standard InChI is InChI=1S/C12H19N3O4/c1-3-11-13-10(14-19-11)8-15-4-5-18-9(7-15)6-12(16)17-2/h9H,3-8H2,1-2H3. The number of morpholine rings is 1. The predicted octanol–water partition coefficient (Wildman–Crippen LogP) is 0.396. The second-order valence-electron chi connectivity index (χ2n) is 4.47. The van der Waals surface area contributed by atoms with Gasteiger partial charge in [0.2, 0.25) is 5.89 Å². The number of hydrogen-bond donors (Lipinski definition) is 0. The molecular formula is C12H19N3O4. The topological polar surface area (TPSA) is 77.7 Å². The first-order valence-corrected chi connectivity index (χ1v) is 6.43. The maximum Gasteiger partial charge on any atom is 0.308 e. The third-order valence-corrected chi connectivity index (χ3v) is 3.02. The highest BCUT2D eigenvalue weighted by atomic mass is 16.5. The van der Waals surface area contributed by atoms with E-state index in [1.165, 1.54) is 7.11 Å². The van der Waals surface area contributed by atoms with Crippen LogP contribution in [0.5, 0.6) is 0 Å². The van der Waals surface area contributed by atoms with Crippen molar-refractivity contribution in [2.45, 2.75) is 32.4 Å². The molecule has 0 radical (unpaired) electrons. The van der Waals surface area contributed by atoms with Crippen molar-refractivity contribution in [2.24, 2.45) is 0 Å². The number of ether oxygens (including phenoxy) is 2. The van der Waals surface area contributed by atoms with Crippen molar-refractivity contribution in [1.82, 2.24) is 15.0 Å². The molecule has 0 aliphatic carbocycles. The molecule has 1 aliphatic heterocycles. The Hall–Kier alpha value is -1.47. The SMILES string of the molecule is CCc1nc(CN2CCOC(CC(=O)OC)C2)no1. The molecule has 0 N–H and O–H groups in total. The molecular weight excluding hydrogens is 250 g/mol. The fraction of sp³-hybridized carbons (Fsp3) is 0.750. The largest absolute Gasteiger partial charge is 0.469 e. The molecule has 1 unspecified atom stereocenters. The van der Waals surface area contributed by atoms with Crippen LogP contribution in [0.3, 0.4) is 0 Å². The van der Waals surface area contributed by atoms with Crippen LogP contribution in [0.25, 0.3) is 0 Å². The summed E-state index contributed by atoms with van der Waals surface area (Å²) < 4.78 is 15.3. The van der Waals surface area contributed by atoms with Crippen molar-refractivity contribution < 1.29 is 18.8 Å². The van der Waals surface area contributed by atoms with Gasteiger partial charge in [0.15, 0.2) is 5.82 Å². The molecule has 7 heteroatoms. The van der Waals surface area contributed by atoms with E-state index in [1.54, 1.807) is 0 Å².